The second-order valence-electron chi connectivity index (χ2n) is 6.86. The van der Waals surface area contributed by atoms with Crippen molar-refractivity contribution in [1.29, 1.82) is 0 Å². The molecule has 0 aliphatic carbocycles. The molecule has 138 valence electrons. The third-order valence-electron chi connectivity index (χ3n) is 4.34. The molecule has 2 heterocycles. The smallest absolute Gasteiger partial charge is 0.314 e. The molecule has 1 aliphatic heterocycles. The Hall–Kier alpha value is -2.28. The number of aromatic nitrogens is 2. The van der Waals surface area contributed by atoms with Gasteiger partial charge in [-0.1, -0.05) is 32.0 Å². The first-order valence-electron chi connectivity index (χ1n) is 8.81. The highest BCUT2D eigenvalue weighted by Gasteiger charge is 2.26. The Labute approximate surface area is 157 Å². The monoisotopic (exact) mass is 372 g/mol. The number of anilines is 1. The fourth-order valence-electron chi connectivity index (χ4n) is 2.84. The maximum atomic E-state index is 12.4. The zero-order chi connectivity index (χ0) is 18.7. The van der Waals surface area contributed by atoms with Crippen molar-refractivity contribution in [3.63, 3.8) is 0 Å². The predicted molar refractivity (Wildman–Crippen MR) is 104 cm³/mol. The molecule has 1 aromatic heterocycles. The van der Waals surface area contributed by atoms with Gasteiger partial charge in [0.1, 0.15) is 5.82 Å². The number of fused-ring (bicyclic) bond motifs is 1. The number of rotatable bonds is 5. The average molecular weight is 372 g/mol. The Morgan fingerprint density at radius 2 is 2.00 bits per heavy atom. The summed E-state index contributed by atoms with van der Waals surface area (Å²) in [7, 11) is 0. The van der Waals surface area contributed by atoms with Gasteiger partial charge in [0.25, 0.3) is 0 Å². The SMILES string of the molecule is Cc1ccccc1-n1nc2c(c1NC(=O)C(=O)NCCC(C)C)CSC2. The summed E-state index contributed by atoms with van der Waals surface area (Å²) in [6.45, 7) is 6.65. The van der Waals surface area contributed by atoms with Gasteiger partial charge in [0.15, 0.2) is 0 Å². The topological polar surface area (TPSA) is 76.0 Å². The molecule has 0 bridgehead atoms. The van der Waals surface area contributed by atoms with Gasteiger partial charge in [-0.2, -0.15) is 16.9 Å². The Bertz CT molecular complexity index is 829. The lowest BCUT2D eigenvalue weighted by Gasteiger charge is -2.13. The highest BCUT2D eigenvalue weighted by molar-refractivity contribution is 7.98. The number of hydrogen-bond donors (Lipinski definition) is 2. The van der Waals surface area contributed by atoms with Gasteiger partial charge < -0.3 is 10.6 Å². The van der Waals surface area contributed by atoms with Crippen LogP contribution in [0.4, 0.5) is 5.82 Å². The Morgan fingerprint density at radius 1 is 1.23 bits per heavy atom. The van der Waals surface area contributed by atoms with E-state index in [1.54, 1.807) is 16.4 Å². The van der Waals surface area contributed by atoms with Crippen molar-refractivity contribution in [1.82, 2.24) is 15.1 Å². The molecule has 6 nitrogen and oxygen atoms in total. The molecule has 2 N–H and O–H groups in total. The minimum absolute atomic E-state index is 0.473. The van der Waals surface area contributed by atoms with Crippen LogP contribution in [-0.4, -0.2) is 28.1 Å². The van der Waals surface area contributed by atoms with Gasteiger partial charge in [-0.25, -0.2) is 4.68 Å². The van der Waals surface area contributed by atoms with Gasteiger partial charge in [-0.05, 0) is 30.9 Å². The van der Waals surface area contributed by atoms with Crippen molar-refractivity contribution < 1.29 is 9.59 Å². The van der Waals surface area contributed by atoms with Crippen LogP contribution in [-0.2, 0) is 21.1 Å². The summed E-state index contributed by atoms with van der Waals surface area (Å²) in [6.07, 6.45) is 0.839. The van der Waals surface area contributed by atoms with Crippen LogP contribution in [0.15, 0.2) is 24.3 Å². The standard InChI is InChI=1S/C19H24N4O2S/c1-12(2)8-9-20-18(24)19(25)21-17-14-10-26-11-15(14)22-23(17)16-7-5-4-6-13(16)3/h4-7,12H,8-11H2,1-3H3,(H,20,24)(H,21,25). The minimum atomic E-state index is -0.650. The number of benzene rings is 1. The molecule has 1 aliphatic rings. The van der Waals surface area contributed by atoms with E-state index in [1.807, 2.05) is 31.2 Å². The van der Waals surface area contributed by atoms with E-state index in [1.165, 1.54) is 0 Å². The second-order valence-corrected chi connectivity index (χ2v) is 7.84. The summed E-state index contributed by atoms with van der Waals surface area (Å²) >= 11 is 1.76. The lowest BCUT2D eigenvalue weighted by molar-refractivity contribution is -0.136. The van der Waals surface area contributed by atoms with Crippen molar-refractivity contribution in [3.05, 3.63) is 41.1 Å². The number of aryl methyl sites for hydroxylation is 1. The molecule has 0 unspecified atom stereocenters. The predicted octanol–water partition coefficient (Wildman–Crippen LogP) is 3.03. The largest absolute Gasteiger partial charge is 0.348 e. The maximum absolute atomic E-state index is 12.4. The fraction of sp³-hybridized carbons (Fsp3) is 0.421. The van der Waals surface area contributed by atoms with E-state index >= 15 is 0 Å². The van der Waals surface area contributed by atoms with E-state index in [2.05, 4.69) is 29.6 Å². The summed E-state index contributed by atoms with van der Waals surface area (Å²) in [5.41, 5.74) is 3.93. The second kappa shape index (κ2) is 7.95. The first-order chi connectivity index (χ1) is 12.5. The summed E-state index contributed by atoms with van der Waals surface area (Å²) in [5, 5.41) is 10.1. The van der Waals surface area contributed by atoms with E-state index in [9.17, 15) is 9.59 Å². The maximum Gasteiger partial charge on any atom is 0.314 e. The molecule has 26 heavy (non-hydrogen) atoms. The molecular formula is C19H24N4O2S. The molecular weight excluding hydrogens is 348 g/mol. The quantitative estimate of drug-likeness (QED) is 0.791. The first-order valence-corrected chi connectivity index (χ1v) is 9.96. The van der Waals surface area contributed by atoms with Gasteiger partial charge in [0.05, 0.1) is 11.4 Å². The van der Waals surface area contributed by atoms with Crippen molar-refractivity contribution in [3.8, 4) is 5.69 Å². The van der Waals surface area contributed by atoms with E-state index in [4.69, 9.17) is 0 Å². The fourth-order valence-corrected chi connectivity index (χ4v) is 3.87. The number of amides is 2. The molecule has 0 fully saturated rings. The molecule has 0 atom stereocenters. The number of nitrogens with zero attached hydrogens (tertiary/aromatic N) is 2. The number of carbonyl (C=O) groups is 2. The van der Waals surface area contributed by atoms with Gasteiger partial charge >= 0.3 is 11.8 Å². The molecule has 0 spiro atoms. The van der Waals surface area contributed by atoms with Crippen LogP contribution in [0.1, 0.15) is 37.1 Å². The molecule has 3 rings (SSSR count). The number of nitrogens with one attached hydrogen (secondary N) is 2. The van der Waals surface area contributed by atoms with Crippen molar-refractivity contribution in [2.45, 2.75) is 38.7 Å². The number of para-hydroxylation sites is 1. The van der Waals surface area contributed by atoms with Gasteiger partial charge in [-0.3, -0.25) is 9.59 Å². The zero-order valence-corrected chi connectivity index (χ0v) is 16.2. The van der Waals surface area contributed by atoms with Gasteiger partial charge in [0.2, 0.25) is 0 Å². The Morgan fingerprint density at radius 3 is 2.73 bits per heavy atom. The number of carbonyl (C=O) groups excluding carboxylic acids is 2. The van der Waals surface area contributed by atoms with E-state index < -0.39 is 11.8 Å². The van der Waals surface area contributed by atoms with Gasteiger partial charge in [-0.15, -0.1) is 0 Å². The number of thioether (sulfide) groups is 1. The van der Waals surface area contributed by atoms with Crippen molar-refractivity contribution in [2.24, 2.45) is 5.92 Å². The van der Waals surface area contributed by atoms with Crippen LogP contribution in [0.5, 0.6) is 0 Å². The third kappa shape index (κ3) is 3.93. The zero-order valence-electron chi connectivity index (χ0n) is 15.3. The molecule has 0 radical (unpaired) electrons. The summed E-state index contributed by atoms with van der Waals surface area (Å²) < 4.78 is 1.75. The molecule has 2 amide bonds. The average Bonchev–Trinajstić information content (AvgIpc) is 3.17. The molecule has 1 aromatic carbocycles. The van der Waals surface area contributed by atoms with Crippen LogP contribution in [0.3, 0.4) is 0 Å². The minimum Gasteiger partial charge on any atom is -0.348 e. The Balaban J connectivity index is 1.82. The summed E-state index contributed by atoms with van der Waals surface area (Å²) in [6, 6.07) is 7.87. The van der Waals surface area contributed by atoms with E-state index in [0.717, 1.165) is 40.4 Å². The van der Waals surface area contributed by atoms with Crippen molar-refractivity contribution in [2.75, 3.05) is 11.9 Å². The lowest BCUT2D eigenvalue weighted by Crippen LogP contribution is -2.36. The van der Waals surface area contributed by atoms with E-state index in [-0.39, 0.29) is 0 Å². The van der Waals surface area contributed by atoms with Crippen LogP contribution in [0.25, 0.3) is 5.69 Å². The summed E-state index contributed by atoms with van der Waals surface area (Å²) in [5.74, 6) is 1.42. The molecule has 0 saturated heterocycles. The van der Waals surface area contributed by atoms with Crippen LogP contribution >= 0.6 is 11.8 Å². The normalized spacial score (nSPS) is 12.9. The summed E-state index contributed by atoms with van der Waals surface area (Å²) in [4.78, 5) is 24.5. The third-order valence-corrected chi connectivity index (χ3v) is 5.31. The van der Waals surface area contributed by atoms with E-state index in [0.29, 0.717) is 18.3 Å². The molecule has 2 aromatic rings. The van der Waals surface area contributed by atoms with Crippen LogP contribution < -0.4 is 10.6 Å². The molecule has 0 saturated carbocycles. The van der Waals surface area contributed by atoms with Crippen LogP contribution in [0.2, 0.25) is 0 Å². The highest BCUT2D eigenvalue weighted by Crippen LogP contribution is 2.36. The highest BCUT2D eigenvalue weighted by atomic mass is 32.2. The molecule has 7 heteroatoms. The van der Waals surface area contributed by atoms with Crippen molar-refractivity contribution >= 4 is 29.4 Å². The number of hydrogen-bond acceptors (Lipinski definition) is 4. The van der Waals surface area contributed by atoms with Crippen LogP contribution in [0, 0.1) is 12.8 Å². The lowest BCUT2D eigenvalue weighted by atomic mass is 10.1. The Kier molecular flexibility index (Phi) is 5.66. The van der Waals surface area contributed by atoms with Gasteiger partial charge in [0, 0.05) is 23.6 Å². The first kappa shape index (κ1) is 18.5.